The molecule has 1 heterocycles. The Morgan fingerprint density at radius 2 is 2.33 bits per heavy atom. The van der Waals surface area contributed by atoms with Crippen molar-refractivity contribution in [3.05, 3.63) is 45.5 Å². The molecule has 0 saturated carbocycles. The third-order valence-electron chi connectivity index (χ3n) is 2.60. The topological polar surface area (TPSA) is 117 Å². The minimum absolute atomic E-state index is 0.0885. The third-order valence-corrected chi connectivity index (χ3v) is 2.92. The molecule has 2 rings (SSSR count). The van der Waals surface area contributed by atoms with Crippen LogP contribution in [0.1, 0.15) is 5.82 Å². The molecule has 0 aliphatic heterocycles. The van der Waals surface area contributed by atoms with Gasteiger partial charge < -0.3 is 10.2 Å². The molecule has 21 heavy (non-hydrogen) atoms. The van der Waals surface area contributed by atoms with Crippen molar-refractivity contribution in [2.24, 2.45) is 0 Å². The van der Waals surface area contributed by atoms with Gasteiger partial charge in [-0.3, -0.25) is 15.2 Å². The Morgan fingerprint density at radius 1 is 1.57 bits per heavy atom. The van der Waals surface area contributed by atoms with Gasteiger partial charge in [-0.25, -0.2) is 9.78 Å². The maximum absolute atomic E-state index is 12.0. The van der Waals surface area contributed by atoms with E-state index in [-0.39, 0.29) is 22.9 Å². The Balaban J connectivity index is 2.03. The van der Waals surface area contributed by atoms with E-state index in [9.17, 15) is 14.9 Å². The lowest BCUT2D eigenvalue weighted by Crippen LogP contribution is -2.31. The smallest absolute Gasteiger partial charge is 0.320 e. The summed E-state index contributed by atoms with van der Waals surface area (Å²) in [5.74, 6) is 0.530. The number of urea groups is 1. The molecule has 1 aromatic heterocycles. The van der Waals surface area contributed by atoms with Crippen molar-refractivity contribution >= 4 is 29.0 Å². The van der Waals surface area contributed by atoms with Crippen molar-refractivity contribution in [2.45, 2.75) is 6.54 Å². The molecular weight excluding hydrogens is 300 g/mol. The highest BCUT2D eigenvalue weighted by atomic mass is 35.5. The molecule has 0 aliphatic rings. The van der Waals surface area contributed by atoms with E-state index in [1.165, 1.54) is 29.4 Å². The summed E-state index contributed by atoms with van der Waals surface area (Å²) in [5.41, 5.74) is 0.143. The molecule has 9 nitrogen and oxygen atoms in total. The first-order chi connectivity index (χ1) is 9.97. The van der Waals surface area contributed by atoms with Gasteiger partial charge in [-0.2, -0.15) is 5.10 Å². The summed E-state index contributed by atoms with van der Waals surface area (Å²) in [5, 5.41) is 19.6. The van der Waals surface area contributed by atoms with E-state index < -0.39 is 11.0 Å². The van der Waals surface area contributed by atoms with Crippen LogP contribution in [0.2, 0.25) is 5.02 Å². The number of benzene rings is 1. The molecule has 0 atom stereocenters. The highest BCUT2D eigenvalue weighted by Crippen LogP contribution is 2.26. The number of nitro benzene ring substituents is 1. The highest BCUT2D eigenvalue weighted by molar-refractivity contribution is 6.33. The Bertz CT molecular complexity index is 660. The molecular formula is C11H11ClN6O3. The monoisotopic (exact) mass is 310 g/mol. The van der Waals surface area contributed by atoms with E-state index >= 15 is 0 Å². The van der Waals surface area contributed by atoms with Gasteiger partial charge in [0.05, 0.1) is 22.2 Å². The molecule has 0 spiro atoms. The van der Waals surface area contributed by atoms with Gasteiger partial charge in [0, 0.05) is 19.2 Å². The lowest BCUT2D eigenvalue weighted by Gasteiger charge is -2.17. The second kappa shape index (κ2) is 6.18. The molecule has 2 N–H and O–H groups in total. The van der Waals surface area contributed by atoms with Crippen molar-refractivity contribution in [3.63, 3.8) is 0 Å². The zero-order chi connectivity index (χ0) is 15.4. The fraction of sp³-hybridized carbons (Fsp3) is 0.182. The molecule has 0 bridgehead atoms. The van der Waals surface area contributed by atoms with Gasteiger partial charge in [0.25, 0.3) is 5.69 Å². The number of anilines is 1. The van der Waals surface area contributed by atoms with Crippen LogP contribution in [0.5, 0.6) is 0 Å². The minimum Gasteiger partial charge on any atom is -0.320 e. The standard InChI is InChI=1S/C11H11ClN6O3/c1-17(5-10-13-6-14-16-10)11(19)15-9-3-2-7(18(20)21)4-8(9)12/h2-4,6H,5H2,1H3,(H,15,19)(H,13,14,16). The van der Waals surface area contributed by atoms with E-state index in [1.807, 2.05) is 0 Å². The Kier molecular flexibility index (Phi) is 4.33. The summed E-state index contributed by atoms with van der Waals surface area (Å²) in [4.78, 5) is 27.3. The van der Waals surface area contributed by atoms with Crippen LogP contribution in [0.15, 0.2) is 24.5 Å². The lowest BCUT2D eigenvalue weighted by atomic mass is 10.3. The Morgan fingerprint density at radius 3 is 2.90 bits per heavy atom. The second-order valence-corrected chi connectivity index (χ2v) is 4.55. The van der Waals surface area contributed by atoms with Crippen molar-refractivity contribution in [1.82, 2.24) is 20.1 Å². The van der Waals surface area contributed by atoms with Gasteiger partial charge >= 0.3 is 6.03 Å². The maximum Gasteiger partial charge on any atom is 0.322 e. The number of nitro groups is 1. The molecule has 0 radical (unpaired) electrons. The van der Waals surface area contributed by atoms with Crippen LogP contribution in [0.3, 0.4) is 0 Å². The Hall–Kier alpha value is -2.68. The number of carbonyl (C=O) groups is 1. The maximum atomic E-state index is 12.0. The molecule has 0 saturated heterocycles. The number of H-pyrrole nitrogens is 1. The number of aromatic amines is 1. The zero-order valence-electron chi connectivity index (χ0n) is 10.9. The van der Waals surface area contributed by atoms with Gasteiger partial charge in [-0.05, 0) is 6.07 Å². The average molecular weight is 311 g/mol. The number of carbonyl (C=O) groups excluding carboxylic acids is 1. The second-order valence-electron chi connectivity index (χ2n) is 4.14. The van der Waals surface area contributed by atoms with Crippen LogP contribution in [0.25, 0.3) is 0 Å². The van der Waals surface area contributed by atoms with E-state index in [1.54, 1.807) is 7.05 Å². The number of nitrogens with one attached hydrogen (secondary N) is 2. The molecule has 1 aromatic carbocycles. The van der Waals surface area contributed by atoms with Crippen LogP contribution in [-0.2, 0) is 6.54 Å². The molecule has 2 amide bonds. The van der Waals surface area contributed by atoms with Crippen LogP contribution in [-0.4, -0.2) is 38.1 Å². The molecule has 0 unspecified atom stereocenters. The largest absolute Gasteiger partial charge is 0.322 e. The van der Waals surface area contributed by atoms with Crippen molar-refractivity contribution in [1.29, 1.82) is 0 Å². The van der Waals surface area contributed by atoms with Gasteiger partial charge in [0.15, 0.2) is 0 Å². The molecule has 0 aliphatic carbocycles. The van der Waals surface area contributed by atoms with Gasteiger partial charge in [-0.15, -0.1) is 0 Å². The quantitative estimate of drug-likeness (QED) is 0.662. The van der Waals surface area contributed by atoms with Gasteiger partial charge in [-0.1, -0.05) is 11.6 Å². The van der Waals surface area contributed by atoms with E-state index in [0.29, 0.717) is 5.82 Å². The number of hydrogen-bond donors (Lipinski definition) is 2. The molecule has 10 heteroatoms. The fourth-order valence-corrected chi connectivity index (χ4v) is 1.76. The van der Waals surface area contributed by atoms with Crippen molar-refractivity contribution in [2.75, 3.05) is 12.4 Å². The van der Waals surface area contributed by atoms with E-state index in [4.69, 9.17) is 11.6 Å². The number of non-ortho nitro benzene ring substituents is 1. The van der Waals surface area contributed by atoms with Crippen LogP contribution < -0.4 is 5.32 Å². The summed E-state index contributed by atoms with van der Waals surface area (Å²) in [6.07, 6.45) is 1.34. The first-order valence-electron chi connectivity index (χ1n) is 5.77. The number of aromatic nitrogens is 3. The first-order valence-corrected chi connectivity index (χ1v) is 6.15. The van der Waals surface area contributed by atoms with Crippen LogP contribution in [0.4, 0.5) is 16.2 Å². The highest BCUT2D eigenvalue weighted by Gasteiger charge is 2.14. The third kappa shape index (κ3) is 3.66. The lowest BCUT2D eigenvalue weighted by molar-refractivity contribution is -0.384. The summed E-state index contributed by atoms with van der Waals surface area (Å²) in [7, 11) is 1.57. The number of rotatable bonds is 4. The SMILES string of the molecule is CN(Cc1ncn[nH]1)C(=O)Nc1ccc([N+](=O)[O-])cc1Cl. The molecule has 110 valence electrons. The zero-order valence-corrected chi connectivity index (χ0v) is 11.7. The van der Waals surface area contributed by atoms with E-state index in [2.05, 4.69) is 20.5 Å². The van der Waals surface area contributed by atoms with Crippen molar-refractivity contribution in [3.8, 4) is 0 Å². The fourth-order valence-electron chi connectivity index (χ4n) is 1.53. The van der Waals surface area contributed by atoms with Gasteiger partial charge in [0.2, 0.25) is 0 Å². The van der Waals surface area contributed by atoms with Crippen LogP contribution in [0, 0.1) is 10.1 Å². The van der Waals surface area contributed by atoms with Crippen molar-refractivity contribution < 1.29 is 9.72 Å². The number of halogens is 1. The molecule has 2 aromatic rings. The Labute approximate surface area is 124 Å². The first kappa shape index (κ1) is 14.7. The normalized spacial score (nSPS) is 10.2. The summed E-state index contributed by atoms with van der Waals surface area (Å²) < 4.78 is 0. The number of nitrogens with zero attached hydrogens (tertiary/aromatic N) is 4. The molecule has 0 fully saturated rings. The predicted molar refractivity (Wildman–Crippen MR) is 75.0 cm³/mol. The minimum atomic E-state index is -0.562. The van der Waals surface area contributed by atoms with Gasteiger partial charge in [0.1, 0.15) is 12.2 Å². The number of amides is 2. The van der Waals surface area contributed by atoms with E-state index in [0.717, 1.165) is 0 Å². The summed E-state index contributed by atoms with van der Waals surface area (Å²) >= 11 is 5.90. The summed E-state index contributed by atoms with van der Waals surface area (Å²) in [6, 6.07) is 3.38. The summed E-state index contributed by atoms with van der Waals surface area (Å²) in [6.45, 7) is 0.233. The van der Waals surface area contributed by atoms with Crippen LogP contribution >= 0.6 is 11.6 Å². The number of hydrogen-bond acceptors (Lipinski definition) is 5. The average Bonchev–Trinajstić information content (AvgIpc) is 2.93. The predicted octanol–water partition coefficient (Wildman–Crippen LogP) is 2.03.